The van der Waals surface area contributed by atoms with Crippen molar-refractivity contribution in [1.29, 1.82) is 0 Å². The van der Waals surface area contributed by atoms with Gasteiger partial charge in [0.15, 0.2) is 0 Å². The van der Waals surface area contributed by atoms with Crippen LogP contribution in [0.15, 0.2) is 48.5 Å². The summed E-state index contributed by atoms with van der Waals surface area (Å²) in [7, 11) is 4.00. The first-order valence-corrected chi connectivity index (χ1v) is 12.7. The van der Waals surface area contributed by atoms with Gasteiger partial charge in [0.25, 0.3) is 0 Å². The van der Waals surface area contributed by atoms with Gasteiger partial charge in [-0.1, -0.05) is 31.2 Å². The van der Waals surface area contributed by atoms with Crippen LogP contribution >= 0.6 is 0 Å². The van der Waals surface area contributed by atoms with Crippen molar-refractivity contribution in [3.63, 3.8) is 0 Å². The first-order chi connectivity index (χ1) is 17.7. The van der Waals surface area contributed by atoms with E-state index in [4.69, 9.17) is 0 Å². The summed E-state index contributed by atoms with van der Waals surface area (Å²) in [5, 5.41) is 0. The van der Waals surface area contributed by atoms with E-state index in [2.05, 4.69) is 9.80 Å². The molecule has 1 aliphatic heterocycles. The third-order valence-electron chi connectivity index (χ3n) is 7.30. The predicted octanol–water partition coefficient (Wildman–Crippen LogP) is 5.61. The zero-order chi connectivity index (χ0) is 28.1. The Hall–Kier alpha value is -2.59. The van der Waals surface area contributed by atoms with Crippen LogP contribution in [0.5, 0.6) is 0 Å². The normalized spacial score (nSPS) is 15.8. The van der Waals surface area contributed by atoms with Crippen molar-refractivity contribution in [1.82, 2.24) is 14.7 Å². The van der Waals surface area contributed by atoms with E-state index >= 15 is 0 Å². The fraction of sp³-hybridized carbons (Fsp3) is 0.536. The highest BCUT2D eigenvalue weighted by Crippen LogP contribution is 2.37. The molecule has 1 aliphatic rings. The van der Waals surface area contributed by atoms with Crippen LogP contribution in [0.4, 0.5) is 26.3 Å². The minimum Gasteiger partial charge on any atom is -0.340 e. The summed E-state index contributed by atoms with van der Waals surface area (Å²) in [5.74, 6) is -0.118. The number of nitrogens with zero attached hydrogens (tertiary/aromatic N) is 3. The second-order valence-corrected chi connectivity index (χ2v) is 10.3. The molecule has 0 atom stereocenters. The van der Waals surface area contributed by atoms with Gasteiger partial charge in [-0.2, -0.15) is 26.3 Å². The topological polar surface area (TPSA) is 26.8 Å². The van der Waals surface area contributed by atoms with Crippen LogP contribution in [-0.4, -0.2) is 74.0 Å². The van der Waals surface area contributed by atoms with Gasteiger partial charge in [-0.25, -0.2) is 0 Å². The molecule has 210 valence electrons. The molecule has 3 rings (SSSR count). The summed E-state index contributed by atoms with van der Waals surface area (Å²) < 4.78 is 78.5. The zero-order valence-corrected chi connectivity index (χ0v) is 22.0. The van der Waals surface area contributed by atoms with Crippen molar-refractivity contribution in [3.8, 4) is 0 Å². The van der Waals surface area contributed by atoms with E-state index < -0.39 is 28.9 Å². The molecule has 0 N–H and O–H groups in total. The largest absolute Gasteiger partial charge is 0.416 e. The minimum atomic E-state index is -4.47. The fourth-order valence-corrected chi connectivity index (χ4v) is 4.87. The number of halogens is 6. The summed E-state index contributed by atoms with van der Waals surface area (Å²) >= 11 is 0. The number of carbonyl (C=O) groups is 1. The molecular formula is C28H35F6N3O. The Balaban J connectivity index is 1.86. The molecule has 10 heteroatoms. The zero-order valence-electron chi connectivity index (χ0n) is 22.0. The molecule has 0 bridgehead atoms. The monoisotopic (exact) mass is 543 g/mol. The molecule has 1 fully saturated rings. The molecule has 1 heterocycles. The van der Waals surface area contributed by atoms with Crippen molar-refractivity contribution in [2.24, 2.45) is 5.41 Å². The third-order valence-corrected chi connectivity index (χ3v) is 7.30. The molecule has 38 heavy (non-hydrogen) atoms. The SMILES string of the molecule is CCC(Cc1ccc(C(F)(F)F)cc1)(Cc1ccc(C(F)(F)F)cc1)C(=O)N1CCN(CCN(C)C)CC1. The molecule has 0 unspecified atom stereocenters. The Kier molecular flexibility index (Phi) is 9.52. The molecule has 0 spiro atoms. The van der Waals surface area contributed by atoms with E-state index in [0.29, 0.717) is 43.7 Å². The molecule has 0 saturated carbocycles. The first-order valence-electron chi connectivity index (χ1n) is 12.7. The minimum absolute atomic E-state index is 0.118. The molecule has 0 aliphatic carbocycles. The van der Waals surface area contributed by atoms with Crippen LogP contribution in [0.25, 0.3) is 0 Å². The second-order valence-electron chi connectivity index (χ2n) is 10.3. The molecule has 2 aromatic rings. The summed E-state index contributed by atoms with van der Waals surface area (Å²) in [5.41, 5.74) is -1.40. The summed E-state index contributed by atoms with van der Waals surface area (Å²) in [4.78, 5) is 20.2. The predicted molar refractivity (Wildman–Crippen MR) is 135 cm³/mol. The van der Waals surface area contributed by atoms with Gasteiger partial charge in [0.1, 0.15) is 0 Å². The maximum atomic E-state index is 14.0. The molecule has 1 amide bonds. The standard InChI is InChI=1S/C28H35F6N3O/c1-4-26(19-21-5-9-23(10-6-21)27(29,30)31,20-22-7-11-24(12-8-22)28(32,33)34)25(38)37-17-15-36(16-18-37)14-13-35(2)3/h5-12H,4,13-20H2,1-3H3. The summed E-state index contributed by atoms with van der Waals surface area (Å²) in [6.45, 7) is 6.08. The van der Waals surface area contributed by atoms with E-state index in [1.54, 1.807) is 4.90 Å². The lowest BCUT2D eigenvalue weighted by Crippen LogP contribution is -2.54. The summed E-state index contributed by atoms with van der Waals surface area (Å²) in [6, 6.07) is 9.53. The molecule has 0 radical (unpaired) electrons. The van der Waals surface area contributed by atoms with E-state index in [-0.39, 0.29) is 18.7 Å². The fourth-order valence-electron chi connectivity index (χ4n) is 4.87. The number of benzene rings is 2. The average Bonchev–Trinajstić information content (AvgIpc) is 2.86. The van der Waals surface area contributed by atoms with Gasteiger partial charge in [-0.15, -0.1) is 0 Å². The average molecular weight is 544 g/mol. The van der Waals surface area contributed by atoms with Crippen LogP contribution in [-0.2, 0) is 30.0 Å². The molecule has 2 aromatic carbocycles. The van der Waals surface area contributed by atoms with Gasteiger partial charge >= 0.3 is 12.4 Å². The van der Waals surface area contributed by atoms with Crippen LogP contribution < -0.4 is 0 Å². The van der Waals surface area contributed by atoms with Crippen LogP contribution in [0.3, 0.4) is 0 Å². The number of hydrogen-bond donors (Lipinski definition) is 0. The third kappa shape index (κ3) is 7.72. The van der Waals surface area contributed by atoms with Crippen molar-refractivity contribution < 1.29 is 31.1 Å². The van der Waals surface area contributed by atoms with Crippen molar-refractivity contribution in [2.75, 3.05) is 53.4 Å². The Labute approximate surface area is 220 Å². The lowest BCUT2D eigenvalue weighted by molar-refractivity contribution is -0.144. The maximum absolute atomic E-state index is 14.0. The van der Waals surface area contributed by atoms with Gasteiger partial charge in [-0.05, 0) is 68.8 Å². The molecule has 0 aromatic heterocycles. The van der Waals surface area contributed by atoms with E-state index in [0.717, 1.165) is 37.4 Å². The number of hydrogen-bond acceptors (Lipinski definition) is 3. The molecule has 1 saturated heterocycles. The molecule has 4 nitrogen and oxygen atoms in total. The Bertz CT molecular complexity index is 981. The van der Waals surface area contributed by atoms with Gasteiger partial charge in [0, 0.05) is 39.3 Å². The highest BCUT2D eigenvalue weighted by molar-refractivity contribution is 5.83. The van der Waals surface area contributed by atoms with Crippen molar-refractivity contribution >= 4 is 5.91 Å². The quantitative estimate of drug-likeness (QED) is 0.385. The Morgan fingerprint density at radius 2 is 1.18 bits per heavy atom. The number of piperazine rings is 1. The number of rotatable bonds is 9. The van der Waals surface area contributed by atoms with Crippen molar-refractivity contribution in [3.05, 3.63) is 70.8 Å². The van der Waals surface area contributed by atoms with E-state index in [1.807, 2.05) is 21.0 Å². The lowest BCUT2D eigenvalue weighted by Gasteiger charge is -2.41. The van der Waals surface area contributed by atoms with E-state index in [9.17, 15) is 31.1 Å². The first kappa shape index (κ1) is 30.0. The van der Waals surface area contributed by atoms with Crippen LogP contribution in [0.2, 0.25) is 0 Å². The number of amides is 1. The van der Waals surface area contributed by atoms with Crippen LogP contribution in [0.1, 0.15) is 35.6 Å². The Morgan fingerprint density at radius 1 is 0.763 bits per heavy atom. The Morgan fingerprint density at radius 3 is 1.53 bits per heavy atom. The molecular weight excluding hydrogens is 508 g/mol. The number of alkyl halides is 6. The van der Waals surface area contributed by atoms with Gasteiger partial charge in [-0.3, -0.25) is 9.69 Å². The maximum Gasteiger partial charge on any atom is 0.416 e. The highest BCUT2D eigenvalue weighted by Gasteiger charge is 2.41. The van der Waals surface area contributed by atoms with Crippen LogP contribution in [0, 0.1) is 5.41 Å². The second kappa shape index (κ2) is 12.1. The highest BCUT2D eigenvalue weighted by atomic mass is 19.4. The van der Waals surface area contributed by atoms with Gasteiger partial charge in [0.05, 0.1) is 16.5 Å². The number of likely N-dealkylation sites (N-methyl/N-ethyl adjacent to an activating group) is 1. The smallest absolute Gasteiger partial charge is 0.340 e. The van der Waals surface area contributed by atoms with E-state index in [1.165, 1.54) is 24.3 Å². The summed E-state index contributed by atoms with van der Waals surface area (Å²) in [6.07, 6.45) is -8.19. The van der Waals surface area contributed by atoms with Gasteiger partial charge in [0.2, 0.25) is 5.91 Å². The lowest BCUT2D eigenvalue weighted by atomic mass is 9.73. The number of carbonyl (C=O) groups excluding carboxylic acids is 1. The van der Waals surface area contributed by atoms with Gasteiger partial charge < -0.3 is 9.80 Å². The van der Waals surface area contributed by atoms with Crippen molar-refractivity contribution in [2.45, 2.75) is 38.5 Å².